The molecular weight excluding hydrogens is 499 g/mol. The molecule has 0 radical (unpaired) electrons. The SMILES string of the molecule is CC1CCCN1Cc1sc(Nc2ncnc(N3CCCC3)c2F)nc1-c1cc(F)cc(C(F)(F)F)c1. The van der Waals surface area contributed by atoms with E-state index in [1.54, 1.807) is 0 Å². The van der Waals surface area contributed by atoms with Crippen LogP contribution in [0.25, 0.3) is 11.3 Å². The summed E-state index contributed by atoms with van der Waals surface area (Å²) < 4.78 is 69.6. The number of likely N-dealkylation sites (tertiary alicyclic amines) is 1. The van der Waals surface area contributed by atoms with Crippen LogP contribution in [0.2, 0.25) is 0 Å². The van der Waals surface area contributed by atoms with Gasteiger partial charge in [0.2, 0.25) is 5.82 Å². The summed E-state index contributed by atoms with van der Waals surface area (Å²) in [6, 6.07) is 2.71. The topological polar surface area (TPSA) is 57.2 Å². The Hall–Kier alpha value is -2.86. The summed E-state index contributed by atoms with van der Waals surface area (Å²) in [6.07, 6.45) is 0.505. The van der Waals surface area contributed by atoms with Crippen LogP contribution >= 0.6 is 11.3 Å². The molecule has 2 fully saturated rings. The van der Waals surface area contributed by atoms with Gasteiger partial charge in [0.15, 0.2) is 16.8 Å². The number of nitrogens with zero attached hydrogens (tertiary/aromatic N) is 5. The fourth-order valence-corrected chi connectivity index (χ4v) is 5.75. The smallest absolute Gasteiger partial charge is 0.354 e. The minimum absolute atomic E-state index is 0.0226. The molecular formula is C24H25F5N6S. The number of nitrogens with one attached hydrogen (secondary N) is 1. The lowest BCUT2D eigenvalue weighted by Crippen LogP contribution is -2.25. The average molecular weight is 525 g/mol. The summed E-state index contributed by atoms with van der Waals surface area (Å²) in [5.74, 6) is -1.48. The Morgan fingerprint density at radius 2 is 1.83 bits per heavy atom. The van der Waals surface area contributed by atoms with Crippen LogP contribution in [0, 0.1) is 11.6 Å². The molecule has 12 heteroatoms. The van der Waals surface area contributed by atoms with Crippen molar-refractivity contribution in [3.05, 3.63) is 46.6 Å². The van der Waals surface area contributed by atoms with Crippen LogP contribution in [0.5, 0.6) is 0 Å². The zero-order valence-corrected chi connectivity index (χ0v) is 20.4. The van der Waals surface area contributed by atoms with Gasteiger partial charge in [-0.1, -0.05) is 11.3 Å². The van der Waals surface area contributed by atoms with Crippen molar-refractivity contribution in [2.75, 3.05) is 29.9 Å². The second-order valence-corrected chi connectivity index (χ2v) is 10.2. The number of halogens is 5. The maximum Gasteiger partial charge on any atom is 0.416 e. The monoisotopic (exact) mass is 524 g/mol. The fourth-order valence-electron chi connectivity index (χ4n) is 4.74. The Bertz CT molecular complexity index is 1240. The first-order valence-electron chi connectivity index (χ1n) is 11.8. The number of thiazole rings is 1. The first kappa shape index (κ1) is 24.8. The van der Waals surface area contributed by atoms with Gasteiger partial charge in [0, 0.05) is 36.1 Å². The first-order chi connectivity index (χ1) is 17.2. The molecule has 3 aromatic rings. The molecule has 1 unspecified atom stereocenters. The number of alkyl halides is 3. The third-order valence-electron chi connectivity index (χ3n) is 6.64. The largest absolute Gasteiger partial charge is 0.416 e. The van der Waals surface area contributed by atoms with Crippen LogP contribution in [0.1, 0.15) is 43.0 Å². The van der Waals surface area contributed by atoms with Crippen molar-refractivity contribution >= 4 is 28.1 Å². The van der Waals surface area contributed by atoms with E-state index in [1.165, 1.54) is 17.7 Å². The third-order valence-corrected chi connectivity index (χ3v) is 7.59. The quantitative estimate of drug-likeness (QED) is 0.386. The number of rotatable bonds is 6. The summed E-state index contributed by atoms with van der Waals surface area (Å²) in [4.78, 5) is 17.3. The molecule has 5 rings (SSSR count). The highest BCUT2D eigenvalue weighted by Gasteiger charge is 2.32. The Morgan fingerprint density at radius 3 is 2.53 bits per heavy atom. The van der Waals surface area contributed by atoms with E-state index >= 15 is 4.39 Å². The van der Waals surface area contributed by atoms with Gasteiger partial charge in [0.05, 0.1) is 11.3 Å². The number of hydrogen-bond acceptors (Lipinski definition) is 7. The van der Waals surface area contributed by atoms with Gasteiger partial charge in [-0.15, -0.1) is 0 Å². The first-order valence-corrected chi connectivity index (χ1v) is 12.6. The highest BCUT2D eigenvalue weighted by molar-refractivity contribution is 7.16. The Balaban J connectivity index is 1.52. The van der Waals surface area contributed by atoms with Crippen molar-refractivity contribution in [3.63, 3.8) is 0 Å². The standard InChI is InChI=1S/C24H25F5N6S/c1-14-5-4-8-35(14)12-18-20(15-9-16(24(27,28)29)11-17(25)10-15)32-23(36-18)33-21-19(26)22(31-13-30-21)34-6-2-3-7-34/h9-11,13-14H,2-8,12H2,1H3,(H,30,31,32,33). The predicted octanol–water partition coefficient (Wildman–Crippen LogP) is 6.23. The highest BCUT2D eigenvalue weighted by Crippen LogP contribution is 2.38. The van der Waals surface area contributed by atoms with E-state index in [4.69, 9.17) is 0 Å². The molecule has 1 aromatic carbocycles. The maximum atomic E-state index is 15.2. The van der Waals surface area contributed by atoms with E-state index in [0.717, 1.165) is 44.4 Å². The lowest BCUT2D eigenvalue weighted by atomic mass is 10.1. The van der Waals surface area contributed by atoms with Gasteiger partial charge >= 0.3 is 6.18 Å². The van der Waals surface area contributed by atoms with Crippen molar-refractivity contribution in [3.8, 4) is 11.3 Å². The molecule has 6 nitrogen and oxygen atoms in total. The van der Waals surface area contributed by atoms with Crippen molar-refractivity contribution in [2.24, 2.45) is 0 Å². The Labute approximate surface area is 209 Å². The minimum atomic E-state index is -4.70. The Morgan fingerprint density at radius 1 is 1.06 bits per heavy atom. The van der Waals surface area contributed by atoms with Gasteiger partial charge < -0.3 is 10.2 Å². The number of anilines is 3. The van der Waals surface area contributed by atoms with Crippen LogP contribution in [0.3, 0.4) is 0 Å². The molecule has 36 heavy (non-hydrogen) atoms. The molecule has 1 atom stereocenters. The summed E-state index contributed by atoms with van der Waals surface area (Å²) in [7, 11) is 0. The van der Waals surface area contributed by atoms with Crippen molar-refractivity contribution < 1.29 is 22.0 Å². The molecule has 0 spiro atoms. The van der Waals surface area contributed by atoms with Gasteiger partial charge in [-0.05, 0) is 57.4 Å². The van der Waals surface area contributed by atoms with E-state index in [9.17, 15) is 17.6 Å². The van der Waals surface area contributed by atoms with E-state index in [0.29, 0.717) is 36.6 Å². The van der Waals surface area contributed by atoms with Gasteiger partial charge in [0.25, 0.3) is 0 Å². The van der Waals surface area contributed by atoms with Gasteiger partial charge in [-0.2, -0.15) is 17.6 Å². The van der Waals surface area contributed by atoms with Crippen LogP contribution in [-0.4, -0.2) is 45.5 Å². The Kier molecular flexibility index (Phi) is 6.82. The van der Waals surface area contributed by atoms with Crippen molar-refractivity contribution in [2.45, 2.75) is 51.4 Å². The van der Waals surface area contributed by atoms with Crippen LogP contribution in [0.15, 0.2) is 24.5 Å². The highest BCUT2D eigenvalue weighted by atomic mass is 32.1. The molecule has 2 aromatic heterocycles. The second kappa shape index (κ2) is 9.89. The fraction of sp³-hybridized carbons (Fsp3) is 0.458. The number of aromatic nitrogens is 3. The molecule has 192 valence electrons. The minimum Gasteiger partial charge on any atom is -0.354 e. The normalized spacial score (nSPS) is 18.8. The molecule has 4 heterocycles. The summed E-state index contributed by atoms with van der Waals surface area (Å²) in [6.45, 7) is 4.78. The zero-order valence-electron chi connectivity index (χ0n) is 19.6. The lowest BCUT2D eigenvalue weighted by molar-refractivity contribution is -0.137. The predicted molar refractivity (Wildman–Crippen MR) is 128 cm³/mol. The van der Waals surface area contributed by atoms with Gasteiger partial charge in [-0.3, -0.25) is 4.90 Å². The lowest BCUT2D eigenvalue weighted by Gasteiger charge is -2.20. The number of benzene rings is 1. The average Bonchev–Trinajstić information content (AvgIpc) is 3.57. The van der Waals surface area contributed by atoms with E-state index in [-0.39, 0.29) is 28.0 Å². The van der Waals surface area contributed by atoms with Crippen molar-refractivity contribution in [1.82, 2.24) is 19.9 Å². The molecule has 2 aliphatic rings. The van der Waals surface area contributed by atoms with E-state index in [2.05, 4.69) is 32.1 Å². The summed E-state index contributed by atoms with van der Waals surface area (Å²) >= 11 is 1.20. The molecule has 2 saturated heterocycles. The van der Waals surface area contributed by atoms with E-state index < -0.39 is 23.4 Å². The zero-order chi connectivity index (χ0) is 25.4. The third kappa shape index (κ3) is 5.15. The maximum absolute atomic E-state index is 15.2. The molecule has 0 saturated carbocycles. The van der Waals surface area contributed by atoms with Gasteiger partial charge in [0.1, 0.15) is 12.1 Å². The van der Waals surface area contributed by atoms with Crippen molar-refractivity contribution in [1.29, 1.82) is 0 Å². The molecule has 1 N–H and O–H groups in total. The summed E-state index contributed by atoms with van der Waals surface area (Å²) in [5, 5.41) is 3.14. The van der Waals surface area contributed by atoms with Crippen LogP contribution in [0.4, 0.5) is 38.7 Å². The summed E-state index contributed by atoms with van der Waals surface area (Å²) in [5.41, 5.74) is -0.826. The van der Waals surface area contributed by atoms with Crippen LogP contribution < -0.4 is 10.2 Å². The second-order valence-electron chi connectivity index (χ2n) is 9.16. The van der Waals surface area contributed by atoms with E-state index in [1.807, 2.05) is 4.90 Å². The van der Waals surface area contributed by atoms with Gasteiger partial charge in [-0.25, -0.2) is 19.3 Å². The molecule has 0 amide bonds. The molecule has 0 aliphatic carbocycles. The van der Waals surface area contributed by atoms with Crippen LogP contribution in [-0.2, 0) is 12.7 Å². The molecule has 0 bridgehead atoms. The molecule has 2 aliphatic heterocycles. The number of hydrogen-bond donors (Lipinski definition) is 1.